The fourth-order valence-corrected chi connectivity index (χ4v) is 2.24. The van der Waals surface area contributed by atoms with E-state index in [1.165, 1.54) is 12.1 Å². The van der Waals surface area contributed by atoms with Gasteiger partial charge in [-0.2, -0.15) is 0 Å². The van der Waals surface area contributed by atoms with Crippen molar-refractivity contribution in [3.05, 3.63) is 39.9 Å². The van der Waals surface area contributed by atoms with Gasteiger partial charge in [0.05, 0.1) is 4.92 Å². The number of rotatable bonds is 2. The van der Waals surface area contributed by atoms with Crippen molar-refractivity contribution in [2.75, 3.05) is 6.54 Å². The van der Waals surface area contributed by atoms with Crippen LogP contribution in [-0.4, -0.2) is 16.8 Å². The quantitative estimate of drug-likeness (QED) is 0.491. The predicted molar refractivity (Wildman–Crippen MR) is 62.7 cm³/mol. The van der Waals surface area contributed by atoms with Crippen LogP contribution in [0.2, 0.25) is 0 Å². The Morgan fingerprint density at radius 2 is 2.06 bits per heavy atom. The fraction of sp³-hybridized carbons (Fsp3) is 0.455. The molecular formula is C11H13ClN2O2. The number of halogens is 1. The first-order valence-electron chi connectivity index (χ1n) is 5.28. The molecule has 1 fully saturated rings. The second-order valence-electron chi connectivity index (χ2n) is 3.98. The van der Waals surface area contributed by atoms with Crippen molar-refractivity contribution in [1.29, 1.82) is 0 Å². The summed E-state index contributed by atoms with van der Waals surface area (Å²) in [5.41, 5.74) is 1.19. The van der Waals surface area contributed by atoms with E-state index in [1.54, 1.807) is 12.1 Å². The molecule has 1 aliphatic rings. The Labute approximate surface area is 98.8 Å². The molecule has 0 spiro atoms. The van der Waals surface area contributed by atoms with E-state index in [0.717, 1.165) is 24.9 Å². The molecule has 5 heteroatoms. The van der Waals surface area contributed by atoms with E-state index in [0.29, 0.717) is 0 Å². The van der Waals surface area contributed by atoms with Crippen LogP contribution in [0.25, 0.3) is 0 Å². The first-order valence-corrected chi connectivity index (χ1v) is 5.72. The third kappa shape index (κ3) is 2.51. The highest BCUT2D eigenvalue weighted by atomic mass is 35.5. The van der Waals surface area contributed by atoms with Crippen molar-refractivity contribution < 1.29 is 4.92 Å². The van der Waals surface area contributed by atoms with Crippen molar-refractivity contribution in [2.24, 2.45) is 0 Å². The smallest absolute Gasteiger partial charge is 0.269 e. The lowest BCUT2D eigenvalue weighted by Crippen LogP contribution is -2.32. The van der Waals surface area contributed by atoms with E-state index in [-0.39, 0.29) is 22.0 Å². The van der Waals surface area contributed by atoms with Crippen LogP contribution in [0.15, 0.2) is 24.3 Å². The van der Waals surface area contributed by atoms with Gasteiger partial charge < -0.3 is 5.32 Å². The van der Waals surface area contributed by atoms with Crippen molar-refractivity contribution in [3.63, 3.8) is 0 Å². The average molecular weight is 241 g/mol. The van der Waals surface area contributed by atoms with Crippen LogP contribution in [0.4, 0.5) is 5.69 Å². The summed E-state index contributed by atoms with van der Waals surface area (Å²) in [4.78, 5) is 10.1. The number of nitrogens with zero attached hydrogens (tertiary/aromatic N) is 1. The zero-order valence-electron chi connectivity index (χ0n) is 8.73. The van der Waals surface area contributed by atoms with Crippen LogP contribution < -0.4 is 5.32 Å². The molecule has 1 heterocycles. The lowest BCUT2D eigenvalue weighted by atomic mass is 9.97. The summed E-state index contributed by atoms with van der Waals surface area (Å²) in [5, 5.41) is 14.1. The molecule has 0 aromatic heterocycles. The van der Waals surface area contributed by atoms with Gasteiger partial charge >= 0.3 is 0 Å². The van der Waals surface area contributed by atoms with Crippen molar-refractivity contribution in [3.8, 4) is 0 Å². The lowest BCUT2D eigenvalue weighted by Gasteiger charge is -2.27. The maximum absolute atomic E-state index is 10.5. The van der Waals surface area contributed by atoms with Crippen LogP contribution in [0.3, 0.4) is 0 Å². The van der Waals surface area contributed by atoms with E-state index in [1.807, 2.05) is 0 Å². The van der Waals surface area contributed by atoms with Gasteiger partial charge in [0.15, 0.2) is 0 Å². The first-order chi connectivity index (χ1) is 7.66. The molecule has 0 saturated carbocycles. The van der Waals surface area contributed by atoms with Crippen molar-refractivity contribution >= 4 is 17.3 Å². The maximum Gasteiger partial charge on any atom is 0.269 e. The Bertz CT molecular complexity index is 380. The van der Waals surface area contributed by atoms with Crippen molar-refractivity contribution in [1.82, 2.24) is 5.32 Å². The Morgan fingerprint density at radius 1 is 1.38 bits per heavy atom. The first kappa shape index (κ1) is 11.4. The molecule has 0 radical (unpaired) electrons. The number of hydrogen-bond acceptors (Lipinski definition) is 3. The summed E-state index contributed by atoms with van der Waals surface area (Å²) in [5.74, 6) is 0. The Morgan fingerprint density at radius 3 is 2.62 bits per heavy atom. The number of nitro benzene ring substituents is 1. The van der Waals surface area contributed by atoms with E-state index < -0.39 is 0 Å². The molecule has 0 amide bonds. The minimum atomic E-state index is -0.386. The molecular weight excluding hydrogens is 228 g/mol. The topological polar surface area (TPSA) is 55.2 Å². The molecule has 2 rings (SSSR count). The van der Waals surface area contributed by atoms with Gasteiger partial charge in [0.25, 0.3) is 5.69 Å². The molecule has 4 nitrogen and oxygen atoms in total. The van der Waals surface area contributed by atoms with Crippen LogP contribution in [0.5, 0.6) is 0 Å². The number of non-ortho nitro benzene ring substituents is 1. The number of hydrogen-bond donors (Lipinski definition) is 1. The Kier molecular flexibility index (Phi) is 3.41. The molecule has 2 atom stereocenters. The molecule has 1 aliphatic heterocycles. The van der Waals surface area contributed by atoms with Gasteiger partial charge in [-0.3, -0.25) is 10.1 Å². The SMILES string of the molecule is O=[N+]([O-])c1ccc(C2CC(Cl)CCN2)cc1. The van der Waals surface area contributed by atoms with Crippen LogP contribution in [-0.2, 0) is 0 Å². The second-order valence-corrected chi connectivity index (χ2v) is 4.59. The summed E-state index contributed by atoms with van der Waals surface area (Å²) >= 11 is 6.09. The lowest BCUT2D eigenvalue weighted by molar-refractivity contribution is -0.384. The number of alkyl halides is 1. The highest BCUT2D eigenvalue weighted by Crippen LogP contribution is 2.27. The second kappa shape index (κ2) is 4.80. The van der Waals surface area contributed by atoms with Crippen molar-refractivity contribution in [2.45, 2.75) is 24.3 Å². The van der Waals surface area contributed by atoms with Gasteiger partial charge in [0.2, 0.25) is 0 Å². The summed E-state index contributed by atoms with van der Waals surface area (Å²) in [6.45, 7) is 0.899. The summed E-state index contributed by atoms with van der Waals surface area (Å²) in [7, 11) is 0. The summed E-state index contributed by atoms with van der Waals surface area (Å²) in [6, 6.07) is 6.89. The fourth-order valence-electron chi connectivity index (χ4n) is 1.95. The predicted octanol–water partition coefficient (Wildman–Crippen LogP) is 2.63. The molecule has 2 unspecified atom stereocenters. The Balaban J connectivity index is 2.11. The largest absolute Gasteiger partial charge is 0.310 e. The molecule has 1 saturated heterocycles. The third-order valence-corrected chi connectivity index (χ3v) is 3.24. The van der Waals surface area contributed by atoms with E-state index in [9.17, 15) is 10.1 Å². The maximum atomic E-state index is 10.5. The van der Waals surface area contributed by atoms with Gasteiger partial charge in [-0.25, -0.2) is 0 Å². The van der Waals surface area contributed by atoms with E-state index >= 15 is 0 Å². The van der Waals surface area contributed by atoms with Gasteiger partial charge in [-0.05, 0) is 24.9 Å². The molecule has 1 N–H and O–H groups in total. The molecule has 0 bridgehead atoms. The molecule has 1 aromatic carbocycles. The summed E-state index contributed by atoms with van der Waals surface area (Å²) in [6.07, 6.45) is 1.85. The summed E-state index contributed by atoms with van der Waals surface area (Å²) < 4.78 is 0. The van der Waals surface area contributed by atoms with Gasteiger partial charge in [0.1, 0.15) is 0 Å². The average Bonchev–Trinajstić information content (AvgIpc) is 2.29. The van der Waals surface area contributed by atoms with E-state index in [4.69, 9.17) is 11.6 Å². The van der Waals surface area contributed by atoms with Crippen LogP contribution >= 0.6 is 11.6 Å². The number of benzene rings is 1. The van der Waals surface area contributed by atoms with Gasteiger partial charge in [-0.15, -0.1) is 11.6 Å². The highest BCUT2D eigenvalue weighted by Gasteiger charge is 2.21. The molecule has 0 aliphatic carbocycles. The minimum absolute atomic E-state index is 0.127. The number of nitrogens with one attached hydrogen (secondary N) is 1. The molecule has 16 heavy (non-hydrogen) atoms. The highest BCUT2D eigenvalue weighted by molar-refractivity contribution is 6.20. The third-order valence-electron chi connectivity index (χ3n) is 2.85. The van der Waals surface area contributed by atoms with Crippen LogP contribution in [0, 0.1) is 10.1 Å². The molecule has 86 valence electrons. The van der Waals surface area contributed by atoms with Crippen LogP contribution in [0.1, 0.15) is 24.4 Å². The van der Waals surface area contributed by atoms with E-state index in [2.05, 4.69) is 5.32 Å². The standard InChI is InChI=1S/C11H13ClN2O2/c12-9-5-6-13-11(7-9)8-1-3-10(4-2-8)14(15)16/h1-4,9,11,13H,5-7H2. The minimum Gasteiger partial charge on any atom is -0.310 e. The number of piperidine rings is 1. The van der Waals surface area contributed by atoms with Gasteiger partial charge in [-0.1, -0.05) is 12.1 Å². The Hall–Kier alpha value is -1.13. The van der Waals surface area contributed by atoms with Gasteiger partial charge in [0, 0.05) is 23.6 Å². The number of nitro groups is 1. The normalized spacial score (nSPS) is 25.3. The molecule has 1 aromatic rings. The zero-order chi connectivity index (χ0) is 11.5. The monoisotopic (exact) mass is 240 g/mol. The zero-order valence-corrected chi connectivity index (χ0v) is 9.48.